The number of rotatable bonds is 3. The molecule has 2 aromatic heterocycles. The highest BCUT2D eigenvalue weighted by molar-refractivity contribution is 6.16. The number of imidazole rings is 1. The quantitative estimate of drug-likeness (QED) is 0.779. The predicted molar refractivity (Wildman–Crippen MR) is 56.3 cm³/mol. The van der Waals surface area contributed by atoms with Gasteiger partial charge in [-0.3, -0.25) is 9.78 Å². The van der Waals surface area contributed by atoms with Crippen LogP contribution in [0.1, 0.15) is 5.82 Å². The number of fused-ring (bicyclic) bond motifs is 1. The Bertz CT molecular complexity index is 508. The third-order valence-electron chi connectivity index (χ3n) is 2.06. The van der Waals surface area contributed by atoms with E-state index in [1.807, 2.05) is 0 Å². The van der Waals surface area contributed by atoms with Crippen molar-refractivity contribution in [3.63, 3.8) is 0 Å². The summed E-state index contributed by atoms with van der Waals surface area (Å²) in [6.07, 6.45) is 3.27. The Morgan fingerprint density at radius 1 is 1.60 bits per heavy atom. The third-order valence-corrected chi connectivity index (χ3v) is 2.30. The number of pyridine rings is 1. The Morgan fingerprint density at radius 2 is 2.40 bits per heavy atom. The molecule has 15 heavy (non-hydrogen) atoms. The fourth-order valence-corrected chi connectivity index (χ4v) is 1.67. The average molecular weight is 225 g/mol. The molecule has 0 aliphatic rings. The summed E-state index contributed by atoms with van der Waals surface area (Å²) in [5, 5.41) is 0. The summed E-state index contributed by atoms with van der Waals surface area (Å²) >= 11 is 5.73. The summed E-state index contributed by atoms with van der Waals surface area (Å²) in [4.78, 5) is 19.1. The van der Waals surface area contributed by atoms with Gasteiger partial charge in [0.05, 0.1) is 17.6 Å². The number of hydrogen-bond acceptors (Lipinski definition) is 3. The molecule has 0 bridgehead atoms. The van der Waals surface area contributed by atoms with Gasteiger partial charge in [-0.2, -0.15) is 0 Å². The van der Waals surface area contributed by atoms with Crippen molar-refractivity contribution >= 4 is 28.5 Å². The van der Waals surface area contributed by atoms with E-state index in [1.54, 1.807) is 23.0 Å². The number of carbonyl (C=O) groups is 1. The number of hydrogen-bond donors (Lipinski definition) is 1. The van der Waals surface area contributed by atoms with Crippen molar-refractivity contribution in [1.82, 2.24) is 14.5 Å². The van der Waals surface area contributed by atoms with Crippen LogP contribution >= 0.6 is 11.6 Å². The number of carbonyl (C=O) groups excluding carboxylic acids is 1. The van der Waals surface area contributed by atoms with E-state index < -0.39 is 5.91 Å². The van der Waals surface area contributed by atoms with E-state index in [0.29, 0.717) is 5.82 Å². The Balaban J connectivity index is 2.61. The van der Waals surface area contributed by atoms with Crippen LogP contribution < -0.4 is 5.73 Å². The monoisotopic (exact) mass is 224 g/mol. The highest BCUT2D eigenvalue weighted by atomic mass is 35.5. The Hall–Kier alpha value is -1.62. The molecular weight excluding hydrogens is 216 g/mol. The van der Waals surface area contributed by atoms with Crippen LogP contribution in [0.25, 0.3) is 11.0 Å². The average Bonchev–Trinajstić information content (AvgIpc) is 2.56. The van der Waals surface area contributed by atoms with Crippen molar-refractivity contribution in [2.75, 3.05) is 0 Å². The summed E-state index contributed by atoms with van der Waals surface area (Å²) in [5.74, 6) is 0.443. The van der Waals surface area contributed by atoms with Crippen molar-refractivity contribution in [2.24, 2.45) is 5.73 Å². The molecule has 0 saturated carbocycles. The first-order valence-corrected chi connectivity index (χ1v) is 4.89. The molecule has 0 aromatic carbocycles. The lowest BCUT2D eigenvalue weighted by atomic mass is 10.4. The van der Waals surface area contributed by atoms with Crippen LogP contribution in [0.3, 0.4) is 0 Å². The first-order valence-electron chi connectivity index (χ1n) is 4.35. The molecule has 5 nitrogen and oxygen atoms in total. The SMILES string of the molecule is NC(=O)Cn1c(CCl)nc2cnccc21. The summed E-state index contributed by atoms with van der Waals surface area (Å²) < 4.78 is 1.70. The maximum absolute atomic E-state index is 10.9. The molecule has 0 radical (unpaired) electrons. The molecule has 0 atom stereocenters. The van der Waals surface area contributed by atoms with Gasteiger partial charge in [0.15, 0.2) is 0 Å². The van der Waals surface area contributed by atoms with Crippen LogP contribution in [-0.4, -0.2) is 20.4 Å². The molecule has 0 saturated heterocycles. The Kier molecular flexibility index (Phi) is 2.55. The van der Waals surface area contributed by atoms with Crippen LogP contribution in [0.4, 0.5) is 0 Å². The van der Waals surface area contributed by atoms with Crippen LogP contribution in [0.15, 0.2) is 18.5 Å². The van der Waals surface area contributed by atoms with Gasteiger partial charge in [-0.1, -0.05) is 0 Å². The van der Waals surface area contributed by atoms with Crippen LogP contribution in [0.2, 0.25) is 0 Å². The predicted octanol–water partition coefficient (Wildman–Crippen LogP) is 0.655. The number of nitrogens with zero attached hydrogens (tertiary/aromatic N) is 3. The Morgan fingerprint density at radius 3 is 3.07 bits per heavy atom. The maximum Gasteiger partial charge on any atom is 0.237 e. The number of amides is 1. The van der Waals surface area contributed by atoms with Gasteiger partial charge in [0.2, 0.25) is 5.91 Å². The highest BCUT2D eigenvalue weighted by Crippen LogP contribution is 2.15. The number of nitrogens with two attached hydrogens (primary N) is 1. The van der Waals surface area contributed by atoms with Gasteiger partial charge in [0.25, 0.3) is 0 Å². The summed E-state index contributed by atoms with van der Waals surface area (Å²) in [6.45, 7) is 0.0859. The number of halogens is 1. The number of primary amides is 1. The molecule has 2 N–H and O–H groups in total. The minimum absolute atomic E-state index is 0.0859. The second-order valence-corrected chi connectivity index (χ2v) is 3.35. The summed E-state index contributed by atoms with van der Waals surface area (Å²) in [7, 11) is 0. The summed E-state index contributed by atoms with van der Waals surface area (Å²) in [6, 6.07) is 1.78. The highest BCUT2D eigenvalue weighted by Gasteiger charge is 2.10. The van der Waals surface area contributed by atoms with Gasteiger partial charge in [0.1, 0.15) is 17.9 Å². The smallest absolute Gasteiger partial charge is 0.237 e. The molecule has 0 spiro atoms. The molecular formula is C9H9ClN4O. The normalized spacial score (nSPS) is 10.7. The van der Waals surface area contributed by atoms with Gasteiger partial charge in [-0.15, -0.1) is 11.6 Å². The minimum atomic E-state index is -0.419. The van der Waals surface area contributed by atoms with Crippen molar-refractivity contribution in [3.8, 4) is 0 Å². The number of alkyl halides is 1. The van der Waals surface area contributed by atoms with Crippen molar-refractivity contribution < 1.29 is 4.79 Å². The third kappa shape index (κ3) is 1.78. The fourth-order valence-electron chi connectivity index (χ4n) is 1.47. The zero-order valence-corrected chi connectivity index (χ0v) is 8.61. The van der Waals surface area contributed by atoms with E-state index in [2.05, 4.69) is 9.97 Å². The largest absolute Gasteiger partial charge is 0.368 e. The zero-order chi connectivity index (χ0) is 10.8. The minimum Gasteiger partial charge on any atom is -0.368 e. The molecule has 2 aromatic rings. The van der Waals surface area contributed by atoms with Gasteiger partial charge in [0, 0.05) is 6.20 Å². The first kappa shape index (κ1) is 9.92. The lowest BCUT2D eigenvalue weighted by Crippen LogP contribution is -2.19. The van der Waals surface area contributed by atoms with Gasteiger partial charge in [-0.05, 0) is 6.07 Å². The van der Waals surface area contributed by atoms with Crippen LogP contribution in [0.5, 0.6) is 0 Å². The molecule has 0 aliphatic carbocycles. The van der Waals surface area contributed by atoms with Crippen LogP contribution in [-0.2, 0) is 17.2 Å². The molecule has 6 heteroatoms. The molecule has 2 heterocycles. The van der Waals surface area contributed by atoms with E-state index in [1.165, 1.54) is 0 Å². The van der Waals surface area contributed by atoms with E-state index >= 15 is 0 Å². The zero-order valence-electron chi connectivity index (χ0n) is 7.85. The van der Waals surface area contributed by atoms with Crippen molar-refractivity contribution in [1.29, 1.82) is 0 Å². The van der Waals surface area contributed by atoms with Crippen molar-refractivity contribution in [2.45, 2.75) is 12.4 Å². The Labute approximate surface area is 90.9 Å². The standard InChI is InChI=1S/C9H9ClN4O/c10-3-9-13-6-4-12-2-1-7(6)14(9)5-8(11)15/h1-2,4H,3,5H2,(H2,11,15). The lowest BCUT2D eigenvalue weighted by Gasteiger charge is -2.03. The second kappa shape index (κ2) is 3.86. The second-order valence-electron chi connectivity index (χ2n) is 3.08. The number of aromatic nitrogens is 3. The molecule has 2 rings (SSSR count). The molecule has 78 valence electrons. The van der Waals surface area contributed by atoms with E-state index in [-0.39, 0.29) is 12.4 Å². The molecule has 0 fully saturated rings. The van der Waals surface area contributed by atoms with Gasteiger partial charge in [-0.25, -0.2) is 4.98 Å². The van der Waals surface area contributed by atoms with Crippen molar-refractivity contribution in [3.05, 3.63) is 24.3 Å². The van der Waals surface area contributed by atoms with E-state index in [4.69, 9.17) is 17.3 Å². The molecule has 0 unspecified atom stereocenters. The molecule has 0 aliphatic heterocycles. The van der Waals surface area contributed by atoms with Crippen LogP contribution in [0, 0.1) is 0 Å². The molecule has 1 amide bonds. The first-order chi connectivity index (χ1) is 7.22. The fraction of sp³-hybridized carbons (Fsp3) is 0.222. The van der Waals surface area contributed by atoms with E-state index in [0.717, 1.165) is 11.0 Å². The maximum atomic E-state index is 10.9. The van der Waals surface area contributed by atoms with E-state index in [9.17, 15) is 4.79 Å². The topological polar surface area (TPSA) is 73.8 Å². The lowest BCUT2D eigenvalue weighted by molar-refractivity contribution is -0.118. The van der Waals surface area contributed by atoms with Gasteiger partial charge >= 0.3 is 0 Å². The summed E-state index contributed by atoms with van der Waals surface area (Å²) in [5.41, 5.74) is 6.69. The van der Waals surface area contributed by atoms with Gasteiger partial charge < -0.3 is 10.3 Å².